The van der Waals surface area contributed by atoms with Gasteiger partial charge in [-0.3, -0.25) is 0 Å². The summed E-state index contributed by atoms with van der Waals surface area (Å²) >= 11 is -0.0137. The van der Waals surface area contributed by atoms with E-state index < -0.39 is 0 Å². The van der Waals surface area contributed by atoms with Crippen molar-refractivity contribution >= 4 is 29.2 Å². The molecular weight excluding hydrogens is 276 g/mol. The zero-order valence-corrected chi connectivity index (χ0v) is 10.1. The van der Waals surface area contributed by atoms with Crippen molar-refractivity contribution in [3.8, 4) is 5.75 Å². The topological polar surface area (TPSA) is 9.23 Å². The van der Waals surface area contributed by atoms with Gasteiger partial charge < -0.3 is 0 Å². The molecule has 0 spiro atoms. The van der Waals surface area contributed by atoms with E-state index in [1.807, 2.05) is 0 Å². The van der Waals surface area contributed by atoms with E-state index >= 15 is 0 Å². The summed E-state index contributed by atoms with van der Waals surface area (Å²) in [5, 5.41) is 1.36. The fraction of sp³-hybridized carbons (Fsp3) is 0.273. The SMILES string of the molecule is CC(C)Oc1ccc2[te]ccc2c1. The van der Waals surface area contributed by atoms with Gasteiger partial charge in [-0.1, -0.05) is 0 Å². The molecule has 1 nitrogen and oxygen atoms in total. The first kappa shape index (κ1) is 9.12. The van der Waals surface area contributed by atoms with Crippen molar-refractivity contribution in [2.45, 2.75) is 20.0 Å². The number of benzene rings is 1. The van der Waals surface area contributed by atoms with Crippen LogP contribution in [-0.2, 0) is 0 Å². The van der Waals surface area contributed by atoms with E-state index in [2.05, 4.69) is 42.2 Å². The Bertz CT molecular complexity index is 403. The van der Waals surface area contributed by atoms with E-state index in [4.69, 9.17) is 4.74 Å². The van der Waals surface area contributed by atoms with Crippen LogP contribution in [0, 0.1) is 0 Å². The van der Waals surface area contributed by atoms with Crippen molar-refractivity contribution in [3.05, 3.63) is 28.3 Å². The molecule has 2 heteroatoms. The summed E-state index contributed by atoms with van der Waals surface area (Å²) in [6.07, 6.45) is 0.264. The Balaban J connectivity index is 2.37. The van der Waals surface area contributed by atoms with Crippen LogP contribution < -0.4 is 4.74 Å². The number of hydrogen-bond donors (Lipinski definition) is 0. The van der Waals surface area contributed by atoms with E-state index in [0.717, 1.165) is 5.75 Å². The third-order valence-electron chi connectivity index (χ3n) is 1.80. The molecule has 1 heterocycles. The first-order valence-electron chi connectivity index (χ1n) is 4.39. The summed E-state index contributed by atoms with van der Waals surface area (Å²) in [5.74, 6) is 0.993. The Morgan fingerprint density at radius 3 is 2.85 bits per heavy atom. The predicted molar refractivity (Wildman–Crippen MR) is 56.7 cm³/mol. The van der Waals surface area contributed by atoms with Crippen molar-refractivity contribution in [3.63, 3.8) is 0 Å². The van der Waals surface area contributed by atoms with Crippen LogP contribution in [0.5, 0.6) is 5.75 Å². The van der Waals surface area contributed by atoms with Gasteiger partial charge in [-0.25, -0.2) is 0 Å². The Morgan fingerprint density at radius 2 is 2.08 bits per heavy atom. The van der Waals surface area contributed by atoms with Crippen LogP contribution in [0.4, 0.5) is 0 Å². The summed E-state index contributed by atoms with van der Waals surface area (Å²) in [7, 11) is 0. The van der Waals surface area contributed by atoms with Crippen LogP contribution in [0.3, 0.4) is 0 Å². The average molecular weight is 288 g/mol. The zero-order valence-electron chi connectivity index (χ0n) is 7.78. The van der Waals surface area contributed by atoms with Gasteiger partial charge in [0, 0.05) is 0 Å². The number of ether oxygens (including phenoxy) is 1. The fourth-order valence-electron chi connectivity index (χ4n) is 1.29. The third-order valence-corrected chi connectivity index (χ3v) is 4.36. The van der Waals surface area contributed by atoms with Gasteiger partial charge in [0.2, 0.25) is 0 Å². The zero-order chi connectivity index (χ0) is 9.26. The van der Waals surface area contributed by atoms with Gasteiger partial charge in [0.05, 0.1) is 0 Å². The van der Waals surface area contributed by atoms with Crippen molar-refractivity contribution in [2.24, 2.45) is 0 Å². The molecule has 2 aromatic rings. The molecule has 1 aromatic carbocycles. The molecule has 0 atom stereocenters. The molecule has 0 aliphatic rings. The van der Waals surface area contributed by atoms with Crippen LogP contribution in [-0.4, -0.2) is 26.5 Å². The Kier molecular flexibility index (Phi) is 2.62. The van der Waals surface area contributed by atoms with Crippen LogP contribution in [0.2, 0.25) is 0 Å². The molecule has 0 bridgehead atoms. The van der Waals surface area contributed by atoms with Gasteiger partial charge in [0.25, 0.3) is 0 Å². The standard InChI is InChI=1S/C11H12OTe/c1-8(2)12-10-3-4-11-9(7-10)5-6-13-11/h3-8H,1-2H3. The molecule has 0 amide bonds. The molecule has 0 saturated heterocycles. The van der Waals surface area contributed by atoms with Crippen molar-refractivity contribution in [2.75, 3.05) is 0 Å². The van der Waals surface area contributed by atoms with Gasteiger partial charge in [-0.15, -0.1) is 0 Å². The van der Waals surface area contributed by atoms with E-state index in [1.165, 1.54) is 8.79 Å². The first-order chi connectivity index (χ1) is 6.25. The fourth-order valence-corrected chi connectivity index (χ4v) is 3.49. The summed E-state index contributed by atoms with van der Waals surface area (Å²) < 4.78 is 9.46. The third kappa shape index (κ3) is 2.07. The van der Waals surface area contributed by atoms with Crippen LogP contribution in [0.25, 0.3) is 8.79 Å². The number of hydrogen-bond acceptors (Lipinski definition) is 1. The average Bonchev–Trinajstić information content (AvgIpc) is 2.49. The van der Waals surface area contributed by atoms with Gasteiger partial charge in [0.1, 0.15) is 0 Å². The maximum atomic E-state index is 5.62. The van der Waals surface area contributed by atoms with Crippen molar-refractivity contribution < 1.29 is 4.74 Å². The molecule has 0 fully saturated rings. The molecule has 68 valence electrons. The summed E-state index contributed by atoms with van der Waals surface area (Å²) in [4.78, 5) is 0. The molecule has 0 N–H and O–H groups in total. The van der Waals surface area contributed by atoms with Crippen molar-refractivity contribution in [1.29, 1.82) is 0 Å². The van der Waals surface area contributed by atoms with Crippen LogP contribution in [0.1, 0.15) is 13.8 Å². The normalized spacial score (nSPS) is 11.0. The van der Waals surface area contributed by atoms with Crippen LogP contribution >= 0.6 is 0 Å². The molecule has 0 unspecified atom stereocenters. The maximum absolute atomic E-state index is 5.62. The summed E-state index contributed by atoms with van der Waals surface area (Å²) in [5.41, 5.74) is 0. The summed E-state index contributed by atoms with van der Waals surface area (Å²) in [6.45, 7) is 4.11. The Hall–Kier alpha value is -0.450. The Labute approximate surface area is 87.9 Å². The van der Waals surface area contributed by atoms with Crippen LogP contribution in [0.15, 0.2) is 28.3 Å². The van der Waals surface area contributed by atoms with Crippen molar-refractivity contribution in [1.82, 2.24) is 0 Å². The first-order valence-corrected chi connectivity index (χ1v) is 6.91. The minimum atomic E-state index is -0.0137. The molecular formula is C11H12OTe. The van der Waals surface area contributed by atoms with E-state index in [9.17, 15) is 0 Å². The molecule has 13 heavy (non-hydrogen) atoms. The molecule has 0 saturated carbocycles. The number of fused-ring (bicyclic) bond motifs is 1. The molecule has 2 rings (SSSR count). The van der Waals surface area contributed by atoms with E-state index in [0.29, 0.717) is 0 Å². The monoisotopic (exact) mass is 290 g/mol. The summed E-state index contributed by atoms with van der Waals surface area (Å²) in [6, 6.07) is 8.64. The van der Waals surface area contributed by atoms with Gasteiger partial charge in [0.15, 0.2) is 0 Å². The Morgan fingerprint density at radius 1 is 1.23 bits per heavy atom. The number of rotatable bonds is 2. The quantitative estimate of drug-likeness (QED) is 0.772. The second-order valence-corrected chi connectivity index (χ2v) is 5.99. The van der Waals surface area contributed by atoms with Gasteiger partial charge in [-0.2, -0.15) is 0 Å². The van der Waals surface area contributed by atoms with Gasteiger partial charge in [-0.05, 0) is 0 Å². The second kappa shape index (κ2) is 3.74. The second-order valence-electron chi connectivity index (χ2n) is 3.29. The molecule has 0 radical (unpaired) electrons. The van der Waals surface area contributed by atoms with Gasteiger partial charge >= 0.3 is 88.0 Å². The molecule has 0 aliphatic heterocycles. The minimum absolute atomic E-state index is 0.0137. The molecule has 0 aliphatic carbocycles. The van der Waals surface area contributed by atoms with E-state index in [-0.39, 0.29) is 26.5 Å². The van der Waals surface area contributed by atoms with E-state index in [1.54, 1.807) is 0 Å². The predicted octanol–water partition coefficient (Wildman–Crippen LogP) is 2.68. The molecule has 1 aromatic heterocycles.